The number of halogens is 1. The van der Waals surface area contributed by atoms with Gasteiger partial charge in [0, 0.05) is 4.47 Å². The Balaban J connectivity index is 2.26. The average molecular weight is 349 g/mol. The zero-order valence-corrected chi connectivity index (χ0v) is 14.2. The van der Waals surface area contributed by atoms with Gasteiger partial charge in [0.2, 0.25) is 5.91 Å². The quantitative estimate of drug-likeness (QED) is 0.775. The number of nitrogens with zero attached hydrogens (tertiary/aromatic N) is 1. The van der Waals surface area contributed by atoms with Crippen LogP contribution in [0.1, 0.15) is 49.7 Å². The standard InChI is InChI=1S/C17H21BrN2O/c1-12-9-13(2)15(14(18)10-12)20-16(21)17(11-19)7-5-3-4-6-8-17/h9-10H,3-8H2,1-2H3,(H,20,21). The summed E-state index contributed by atoms with van der Waals surface area (Å²) in [5.41, 5.74) is 2.07. The smallest absolute Gasteiger partial charge is 0.244 e. The molecule has 1 amide bonds. The van der Waals surface area contributed by atoms with E-state index >= 15 is 0 Å². The molecule has 2 rings (SSSR count). The van der Waals surface area contributed by atoms with Crippen molar-refractivity contribution in [3.8, 4) is 6.07 Å². The van der Waals surface area contributed by atoms with Crippen molar-refractivity contribution in [3.05, 3.63) is 27.7 Å². The molecule has 3 nitrogen and oxygen atoms in total. The fourth-order valence-electron chi connectivity index (χ4n) is 3.03. The van der Waals surface area contributed by atoms with Crippen LogP contribution in [0, 0.1) is 30.6 Å². The molecule has 0 heterocycles. The van der Waals surface area contributed by atoms with Gasteiger partial charge in [-0.1, -0.05) is 31.7 Å². The van der Waals surface area contributed by atoms with Crippen LogP contribution in [0.15, 0.2) is 16.6 Å². The van der Waals surface area contributed by atoms with E-state index in [4.69, 9.17) is 0 Å². The van der Waals surface area contributed by atoms with E-state index in [0.717, 1.165) is 47.0 Å². The molecule has 0 atom stereocenters. The first-order valence-electron chi connectivity index (χ1n) is 7.48. The fraction of sp³-hybridized carbons (Fsp3) is 0.529. The second-order valence-electron chi connectivity index (χ2n) is 6.00. The van der Waals surface area contributed by atoms with Gasteiger partial charge < -0.3 is 5.32 Å². The topological polar surface area (TPSA) is 52.9 Å². The zero-order valence-electron chi connectivity index (χ0n) is 12.6. The van der Waals surface area contributed by atoms with Crippen LogP contribution < -0.4 is 5.32 Å². The van der Waals surface area contributed by atoms with E-state index in [1.807, 2.05) is 26.0 Å². The molecule has 4 heteroatoms. The Hall–Kier alpha value is -1.34. The molecule has 21 heavy (non-hydrogen) atoms. The number of anilines is 1. The van der Waals surface area contributed by atoms with Crippen LogP contribution >= 0.6 is 15.9 Å². The summed E-state index contributed by atoms with van der Waals surface area (Å²) >= 11 is 3.51. The predicted molar refractivity (Wildman–Crippen MR) is 88.0 cm³/mol. The third-order valence-corrected chi connectivity index (χ3v) is 4.90. The lowest BCUT2D eigenvalue weighted by atomic mass is 9.81. The minimum absolute atomic E-state index is 0.153. The summed E-state index contributed by atoms with van der Waals surface area (Å²) in [5, 5.41) is 12.6. The highest BCUT2D eigenvalue weighted by Crippen LogP contribution is 2.37. The molecule has 0 spiro atoms. The van der Waals surface area contributed by atoms with Gasteiger partial charge in [0.15, 0.2) is 0 Å². The first kappa shape index (κ1) is 16.0. The predicted octanol–water partition coefficient (Wildman–Crippen LogP) is 4.87. The van der Waals surface area contributed by atoms with Gasteiger partial charge in [0.1, 0.15) is 5.41 Å². The number of benzene rings is 1. The van der Waals surface area contributed by atoms with Gasteiger partial charge in [-0.3, -0.25) is 4.79 Å². The van der Waals surface area contributed by atoms with Crippen LogP contribution in [0.2, 0.25) is 0 Å². The number of hydrogen-bond acceptors (Lipinski definition) is 2. The third kappa shape index (κ3) is 3.47. The number of nitriles is 1. The molecule has 1 aliphatic carbocycles. The summed E-state index contributed by atoms with van der Waals surface area (Å²) < 4.78 is 0.870. The summed E-state index contributed by atoms with van der Waals surface area (Å²) in [6.07, 6.45) is 5.47. The van der Waals surface area contributed by atoms with Crippen molar-refractivity contribution in [2.75, 3.05) is 5.32 Å². The summed E-state index contributed by atoms with van der Waals surface area (Å²) in [6.45, 7) is 3.99. The molecule has 0 saturated heterocycles. The summed E-state index contributed by atoms with van der Waals surface area (Å²) in [6, 6.07) is 6.32. The zero-order chi connectivity index (χ0) is 15.5. The Labute approximate surface area is 134 Å². The molecule has 1 aromatic carbocycles. The van der Waals surface area contributed by atoms with Crippen molar-refractivity contribution in [1.29, 1.82) is 5.26 Å². The van der Waals surface area contributed by atoms with Gasteiger partial charge in [-0.05, 0) is 59.8 Å². The van der Waals surface area contributed by atoms with E-state index in [-0.39, 0.29) is 5.91 Å². The highest BCUT2D eigenvalue weighted by Gasteiger charge is 2.39. The molecule has 1 aromatic rings. The number of aryl methyl sites for hydroxylation is 2. The van der Waals surface area contributed by atoms with E-state index in [9.17, 15) is 10.1 Å². The van der Waals surface area contributed by atoms with Crippen LogP contribution in [0.5, 0.6) is 0 Å². The molecule has 1 fully saturated rings. The maximum atomic E-state index is 12.7. The van der Waals surface area contributed by atoms with Crippen LogP contribution in [0.3, 0.4) is 0 Å². The highest BCUT2D eigenvalue weighted by molar-refractivity contribution is 9.10. The van der Waals surface area contributed by atoms with Crippen molar-refractivity contribution in [2.45, 2.75) is 52.4 Å². The van der Waals surface area contributed by atoms with E-state index in [2.05, 4.69) is 27.3 Å². The number of carbonyl (C=O) groups is 1. The van der Waals surface area contributed by atoms with Crippen molar-refractivity contribution in [2.24, 2.45) is 5.41 Å². The van der Waals surface area contributed by atoms with Crippen LogP contribution in [0.4, 0.5) is 5.69 Å². The number of amides is 1. The highest BCUT2D eigenvalue weighted by atomic mass is 79.9. The minimum Gasteiger partial charge on any atom is -0.323 e. The maximum absolute atomic E-state index is 12.7. The van der Waals surface area contributed by atoms with Crippen LogP contribution in [-0.2, 0) is 4.79 Å². The second kappa shape index (κ2) is 6.62. The van der Waals surface area contributed by atoms with Crippen molar-refractivity contribution >= 4 is 27.5 Å². The molecule has 1 saturated carbocycles. The number of carbonyl (C=O) groups excluding carboxylic acids is 1. The second-order valence-corrected chi connectivity index (χ2v) is 6.86. The molecule has 0 bridgehead atoms. The van der Waals surface area contributed by atoms with E-state index < -0.39 is 5.41 Å². The van der Waals surface area contributed by atoms with Crippen LogP contribution in [0.25, 0.3) is 0 Å². The van der Waals surface area contributed by atoms with Crippen LogP contribution in [-0.4, -0.2) is 5.91 Å². The Bertz CT molecular complexity index is 558. The Morgan fingerprint density at radius 2 is 1.86 bits per heavy atom. The van der Waals surface area contributed by atoms with Crippen molar-refractivity contribution < 1.29 is 4.79 Å². The normalized spacial score (nSPS) is 17.6. The van der Waals surface area contributed by atoms with Crippen molar-refractivity contribution in [1.82, 2.24) is 0 Å². The van der Waals surface area contributed by atoms with E-state index in [1.54, 1.807) is 0 Å². The molecule has 112 valence electrons. The molecule has 0 aromatic heterocycles. The summed E-state index contributed by atoms with van der Waals surface area (Å²) in [5.74, 6) is -0.153. The molecular formula is C17H21BrN2O. The van der Waals surface area contributed by atoms with Gasteiger partial charge in [0.05, 0.1) is 11.8 Å². The summed E-state index contributed by atoms with van der Waals surface area (Å²) in [4.78, 5) is 12.7. The Morgan fingerprint density at radius 3 is 2.38 bits per heavy atom. The van der Waals surface area contributed by atoms with Gasteiger partial charge in [-0.25, -0.2) is 0 Å². The third-order valence-electron chi connectivity index (χ3n) is 4.28. The SMILES string of the molecule is Cc1cc(C)c(NC(=O)C2(C#N)CCCCCC2)c(Br)c1. The lowest BCUT2D eigenvalue weighted by Gasteiger charge is -2.24. The number of hydrogen-bond donors (Lipinski definition) is 1. The Kier molecular flexibility index (Phi) is 5.05. The van der Waals surface area contributed by atoms with E-state index in [1.165, 1.54) is 0 Å². The summed E-state index contributed by atoms with van der Waals surface area (Å²) in [7, 11) is 0. The molecule has 0 radical (unpaired) electrons. The van der Waals surface area contributed by atoms with Gasteiger partial charge >= 0.3 is 0 Å². The largest absolute Gasteiger partial charge is 0.323 e. The monoisotopic (exact) mass is 348 g/mol. The first-order chi connectivity index (χ1) is 9.98. The molecule has 0 aliphatic heterocycles. The first-order valence-corrected chi connectivity index (χ1v) is 8.27. The van der Waals surface area contributed by atoms with E-state index in [0.29, 0.717) is 12.8 Å². The fourth-order valence-corrected chi connectivity index (χ4v) is 3.80. The molecular weight excluding hydrogens is 328 g/mol. The van der Waals surface area contributed by atoms with Gasteiger partial charge in [-0.2, -0.15) is 5.26 Å². The number of rotatable bonds is 2. The molecule has 0 unspecified atom stereocenters. The molecule has 1 aliphatic rings. The van der Waals surface area contributed by atoms with Gasteiger partial charge in [-0.15, -0.1) is 0 Å². The average Bonchev–Trinajstić information content (AvgIpc) is 2.68. The lowest BCUT2D eigenvalue weighted by Crippen LogP contribution is -2.35. The Morgan fingerprint density at radius 1 is 1.24 bits per heavy atom. The lowest BCUT2D eigenvalue weighted by molar-refractivity contribution is -0.123. The minimum atomic E-state index is -0.868. The maximum Gasteiger partial charge on any atom is 0.244 e. The van der Waals surface area contributed by atoms with Gasteiger partial charge in [0.25, 0.3) is 0 Å². The molecule has 1 N–H and O–H groups in total. The van der Waals surface area contributed by atoms with Crippen molar-refractivity contribution in [3.63, 3.8) is 0 Å². The number of nitrogens with one attached hydrogen (secondary N) is 1.